The standard InChI is InChI=1S/C41H46O21/c1-16-2-4-18(5-3-16)38(54)55-15-27-30(48)32(50)35(53)40(61-27)62-37-33(51)29(47)26(14-43)60-41(37)58-24-12-21-22(56-36(24)17-6-8-19(44)9-7-17)10-20(45)11-23(21)57-39-34(52)31(49)28(46)25(13-42)59-39/h2-12,25-35,37,39-43,46-53H,13-15H2,1H3,(H-,44,45)/p+1. The molecule has 7 rings (SSSR count). The van der Waals surface area contributed by atoms with Crippen molar-refractivity contribution < 1.29 is 104 Å². The van der Waals surface area contributed by atoms with E-state index in [0.717, 1.165) is 11.6 Å². The fourth-order valence-electron chi connectivity index (χ4n) is 7.13. The van der Waals surface area contributed by atoms with Gasteiger partial charge in [-0.15, -0.1) is 0 Å². The molecule has 62 heavy (non-hydrogen) atoms. The van der Waals surface area contributed by atoms with E-state index >= 15 is 0 Å². The average molecular weight is 876 g/mol. The van der Waals surface area contributed by atoms with Gasteiger partial charge in [-0.3, -0.25) is 0 Å². The van der Waals surface area contributed by atoms with Crippen molar-refractivity contribution in [2.75, 3.05) is 19.8 Å². The molecule has 0 radical (unpaired) electrons. The fraction of sp³-hybridized carbons (Fsp3) is 0.463. The van der Waals surface area contributed by atoms with Crippen molar-refractivity contribution in [3.05, 3.63) is 77.9 Å². The molecule has 336 valence electrons. The van der Waals surface area contributed by atoms with Crippen molar-refractivity contribution in [3.8, 4) is 34.3 Å². The van der Waals surface area contributed by atoms with E-state index in [2.05, 4.69) is 0 Å². The first-order valence-electron chi connectivity index (χ1n) is 19.4. The van der Waals surface area contributed by atoms with Gasteiger partial charge in [-0.25, -0.2) is 9.21 Å². The molecule has 15 unspecified atom stereocenters. The number of rotatable bonds is 12. The van der Waals surface area contributed by atoms with Gasteiger partial charge in [0.1, 0.15) is 96.4 Å². The number of benzene rings is 3. The van der Waals surface area contributed by atoms with Gasteiger partial charge < -0.3 is 94.4 Å². The Balaban J connectivity index is 1.22. The molecule has 3 saturated heterocycles. The van der Waals surface area contributed by atoms with Crippen LogP contribution < -0.4 is 9.47 Å². The van der Waals surface area contributed by atoms with Crippen LogP contribution in [0.25, 0.3) is 22.3 Å². The minimum Gasteiger partial charge on any atom is -0.508 e. The molecule has 12 N–H and O–H groups in total. The molecule has 1 aromatic heterocycles. The van der Waals surface area contributed by atoms with Gasteiger partial charge in [-0.1, -0.05) is 17.7 Å². The zero-order valence-corrected chi connectivity index (χ0v) is 32.7. The minimum absolute atomic E-state index is 0.00368. The number of aromatic hydroxyl groups is 2. The second-order valence-corrected chi connectivity index (χ2v) is 15.1. The number of carbonyl (C=O) groups is 1. The van der Waals surface area contributed by atoms with Crippen LogP contribution in [0.2, 0.25) is 0 Å². The van der Waals surface area contributed by atoms with Crippen LogP contribution in [0.3, 0.4) is 0 Å². The lowest BCUT2D eigenvalue weighted by atomic mass is 9.97. The first-order valence-corrected chi connectivity index (χ1v) is 19.4. The number of phenols is 2. The number of fused-ring (bicyclic) bond motifs is 1. The van der Waals surface area contributed by atoms with Crippen LogP contribution in [0, 0.1) is 6.92 Å². The Bertz CT molecular complexity index is 2150. The Morgan fingerprint density at radius 3 is 1.82 bits per heavy atom. The summed E-state index contributed by atoms with van der Waals surface area (Å²) >= 11 is 0. The smallest absolute Gasteiger partial charge is 0.402 e. The molecule has 0 bridgehead atoms. The fourth-order valence-corrected chi connectivity index (χ4v) is 7.13. The Morgan fingerprint density at radius 1 is 0.613 bits per heavy atom. The van der Waals surface area contributed by atoms with Crippen molar-refractivity contribution in [1.29, 1.82) is 0 Å². The SMILES string of the molecule is Cc1ccc(C(=O)OCC2OC(OC3C(Oc4cc5c(OC6OC(CO)C(O)C(O)C6O)cc(O)cc5[o+]c4-c4ccc(O)cc4)OC(CO)C(O)C3O)C(O)C(O)C2O)cc1. The second kappa shape index (κ2) is 18.9. The maximum atomic E-state index is 12.7. The largest absolute Gasteiger partial charge is 0.508 e. The maximum absolute atomic E-state index is 12.7. The number of aryl methyl sites for hydroxylation is 1. The third-order valence-corrected chi connectivity index (χ3v) is 10.7. The van der Waals surface area contributed by atoms with Gasteiger partial charge >= 0.3 is 17.3 Å². The number of carbonyl (C=O) groups excluding carboxylic acids is 1. The summed E-state index contributed by atoms with van der Waals surface area (Å²) in [4.78, 5) is 12.7. The highest BCUT2D eigenvalue weighted by Gasteiger charge is 2.52. The summed E-state index contributed by atoms with van der Waals surface area (Å²) in [6.07, 6.45) is -26.6. The number of aliphatic hydroxyl groups is 10. The maximum Gasteiger partial charge on any atom is 0.402 e. The van der Waals surface area contributed by atoms with E-state index in [0.29, 0.717) is 0 Å². The van der Waals surface area contributed by atoms with Gasteiger partial charge in [0.15, 0.2) is 12.4 Å². The summed E-state index contributed by atoms with van der Waals surface area (Å²) < 4.78 is 46.7. The van der Waals surface area contributed by atoms with Crippen LogP contribution in [0.5, 0.6) is 23.0 Å². The van der Waals surface area contributed by atoms with Crippen LogP contribution in [0.1, 0.15) is 15.9 Å². The number of aliphatic hydroxyl groups excluding tert-OH is 10. The highest BCUT2D eigenvalue weighted by molar-refractivity contribution is 5.90. The molecule has 21 nitrogen and oxygen atoms in total. The summed E-state index contributed by atoms with van der Waals surface area (Å²) in [6, 6.07) is 15.4. The molecular formula is C41H47O21+. The lowest BCUT2D eigenvalue weighted by Crippen LogP contribution is -2.65. The van der Waals surface area contributed by atoms with Gasteiger partial charge in [0.25, 0.3) is 0 Å². The average Bonchev–Trinajstić information content (AvgIpc) is 3.26. The predicted octanol–water partition coefficient (Wildman–Crippen LogP) is -1.85. The molecule has 21 heteroatoms. The number of hydrogen-bond donors (Lipinski definition) is 12. The highest BCUT2D eigenvalue weighted by Crippen LogP contribution is 2.42. The molecule has 4 aromatic rings. The van der Waals surface area contributed by atoms with Crippen LogP contribution in [-0.2, 0) is 23.7 Å². The highest BCUT2D eigenvalue weighted by atomic mass is 16.8. The Morgan fingerprint density at radius 2 is 1.18 bits per heavy atom. The van der Waals surface area contributed by atoms with E-state index in [9.17, 15) is 66.1 Å². The summed E-state index contributed by atoms with van der Waals surface area (Å²) in [7, 11) is 0. The molecule has 3 aliphatic heterocycles. The molecule has 3 fully saturated rings. The summed E-state index contributed by atoms with van der Waals surface area (Å²) in [5, 5.41) is 127. The number of hydrogen-bond acceptors (Lipinski definition) is 20. The molecular weight excluding hydrogens is 828 g/mol. The number of ether oxygens (including phenoxy) is 7. The van der Waals surface area contributed by atoms with Gasteiger partial charge in [-0.05, 0) is 43.3 Å². The van der Waals surface area contributed by atoms with E-state index in [4.69, 9.17) is 37.6 Å². The van der Waals surface area contributed by atoms with Gasteiger partial charge in [0.05, 0.1) is 30.4 Å². The van der Waals surface area contributed by atoms with Crippen LogP contribution in [-0.4, -0.2) is 179 Å². The van der Waals surface area contributed by atoms with Crippen molar-refractivity contribution in [3.63, 3.8) is 0 Å². The molecule has 0 saturated carbocycles. The predicted molar refractivity (Wildman–Crippen MR) is 205 cm³/mol. The Kier molecular flexibility index (Phi) is 13.8. The van der Waals surface area contributed by atoms with E-state index in [1.165, 1.54) is 48.5 Å². The third kappa shape index (κ3) is 9.27. The van der Waals surface area contributed by atoms with Gasteiger partial charge in [-0.2, -0.15) is 0 Å². The molecule has 0 aliphatic carbocycles. The molecule has 15 atom stereocenters. The minimum atomic E-state index is -2.01. The Labute approximate surface area is 351 Å². The number of esters is 1. The van der Waals surface area contributed by atoms with Gasteiger partial charge in [0.2, 0.25) is 18.3 Å². The number of phenolic OH excluding ortho intramolecular Hbond substituents is 2. The second-order valence-electron chi connectivity index (χ2n) is 15.1. The van der Waals surface area contributed by atoms with Crippen molar-refractivity contribution in [2.24, 2.45) is 0 Å². The van der Waals surface area contributed by atoms with Gasteiger partial charge in [0, 0.05) is 12.1 Å². The molecule has 4 heterocycles. The Hall–Kier alpha value is -4.82. The van der Waals surface area contributed by atoms with E-state index < -0.39 is 124 Å². The first-order chi connectivity index (χ1) is 29.6. The van der Waals surface area contributed by atoms with Crippen LogP contribution in [0.4, 0.5) is 0 Å². The summed E-state index contributed by atoms with van der Waals surface area (Å²) in [5.41, 5.74) is 1.23. The lowest BCUT2D eigenvalue weighted by molar-refractivity contribution is -0.357. The van der Waals surface area contributed by atoms with Crippen LogP contribution >= 0.6 is 0 Å². The quantitative estimate of drug-likeness (QED) is 0.0549. The molecule has 3 aliphatic rings. The third-order valence-electron chi connectivity index (χ3n) is 10.7. The summed E-state index contributed by atoms with van der Waals surface area (Å²) in [5.74, 6) is -1.96. The molecule has 0 amide bonds. The van der Waals surface area contributed by atoms with Crippen molar-refractivity contribution in [1.82, 2.24) is 0 Å². The lowest BCUT2D eigenvalue weighted by Gasteiger charge is -2.45. The van der Waals surface area contributed by atoms with E-state index in [-0.39, 0.29) is 45.1 Å². The summed E-state index contributed by atoms with van der Waals surface area (Å²) in [6.45, 7) is -0.426. The topological polar surface area (TPSA) is 336 Å². The monoisotopic (exact) mass is 875 g/mol. The molecule has 3 aromatic carbocycles. The van der Waals surface area contributed by atoms with Crippen LogP contribution in [0.15, 0.2) is 71.1 Å². The first kappa shape index (κ1) is 45.2. The van der Waals surface area contributed by atoms with Crippen molar-refractivity contribution in [2.45, 2.75) is 99.0 Å². The van der Waals surface area contributed by atoms with E-state index in [1.807, 2.05) is 6.92 Å². The normalized spacial score (nSPS) is 33.8. The van der Waals surface area contributed by atoms with Crippen molar-refractivity contribution >= 4 is 16.9 Å². The zero-order chi connectivity index (χ0) is 44.6. The van der Waals surface area contributed by atoms with E-state index in [1.54, 1.807) is 12.1 Å². The zero-order valence-electron chi connectivity index (χ0n) is 32.7. The molecule has 0 spiro atoms.